The van der Waals surface area contributed by atoms with Crippen LogP contribution >= 0.6 is 0 Å². The third kappa shape index (κ3) is 10.2. The largest absolute Gasteiger partial charge is 0.457 e. The van der Waals surface area contributed by atoms with Crippen molar-refractivity contribution in [3.8, 4) is 28.4 Å². The maximum Gasteiger partial charge on any atom is 0.137 e. The highest BCUT2D eigenvalue weighted by atomic mass is 16.5. The zero-order chi connectivity index (χ0) is 53.4. The minimum atomic E-state index is -0.204. The number of pyridine rings is 1. The number of fused-ring (bicyclic) bond motifs is 3. The molecule has 2 aromatic heterocycles. The maximum atomic E-state index is 7.30. The van der Waals surface area contributed by atoms with Gasteiger partial charge >= 0.3 is 0 Å². The van der Waals surface area contributed by atoms with Gasteiger partial charge < -0.3 is 14.5 Å². The fourth-order valence-electron chi connectivity index (χ4n) is 10.8. The zero-order valence-electron chi connectivity index (χ0n) is 47.9. The standard InChI is InChI=1S/C69H82N4O/c1-44(2)56-25-22-26-57(45(3)4)64(56)46-33-53(72-43-71(42-62(72)68(14,15)16)52-36-50(66(8,9)10)35-51(37-52)67(11,12)13)40-55(34-46)74-54-28-29-58-59-38-49(69(17,18)47-23-20-19-21-24-47)27-30-60(59)73(61(58)41-54)63-39-48(31-32-70-63)65(5,6)7/h19-42,44-45H,43H2,1-18H3. The molecule has 8 aromatic rings. The molecule has 9 rings (SSSR count). The first kappa shape index (κ1) is 52.3. The molecule has 0 atom stereocenters. The quantitative estimate of drug-likeness (QED) is 0.137. The average molecular weight is 983 g/mol. The van der Waals surface area contributed by atoms with Crippen LogP contribution in [-0.2, 0) is 21.7 Å². The molecule has 0 unspecified atom stereocenters. The molecule has 0 saturated carbocycles. The van der Waals surface area contributed by atoms with E-state index in [1.165, 1.54) is 61.3 Å². The van der Waals surface area contributed by atoms with Gasteiger partial charge in [-0.2, -0.15) is 0 Å². The molecule has 1 aliphatic rings. The van der Waals surface area contributed by atoms with Crippen molar-refractivity contribution >= 4 is 33.2 Å². The molecule has 1 aliphatic heterocycles. The van der Waals surface area contributed by atoms with Crippen LogP contribution in [0.4, 0.5) is 11.4 Å². The summed E-state index contributed by atoms with van der Waals surface area (Å²) in [5.74, 6) is 3.10. The number of allylic oxidation sites excluding steroid dienone is 1. The Labute approximate surface area is 444 Å². The maximum absolute atomic E-state index is 7.30. The predicted molar refractivity (Wildman–Crippen MR) is 317 cm³/mol. The van der Waals surface area contributed by atoms with Gasteiger partial charge in [0.15, 0.2) is 0 Å². The van der Waals surface area contributed by atoms with Gasteiger partial charge in [0.2, 0.25) is 0 Å². The SMILES string of the molecule is CC(C)c1cccc(C(C)C)c1-c1cc(Oc2ccc3c4cc(C(C)(C)c5ccccc5)ccc4n(-c4cc(C(C)(C)C)ccn4)c3c2)cc(N2CN(c3cc(C(C)(C)C)cc(C(C)(C)C)c3)C=C2C(C)(C)C)c1. The number of nitrogens with zero attached hydrogens (tertiary/aromatic N) is 4. The topological polar surface area (TPSA) is 33.5 Å². The molecule has 3 heterocycles. The summed E-state index contributed by atoms with van der Waals surface area (Å²) in [6.07, 6.45) is 4.35. The third-order valence-corrected chi connectivity index (χ3v) is 15.5. The summed E-state index contributed by atoms with van der Waals surface area (Å²) in [5.41, 5.74) is 16.9. The molecule has 0 bridgehead atoms. The molecular formula is C69H82N4O. The van der Waals surface area contributed by atoms with E-state index in [1.54, 1.807) is 0 Å². The average Bonchev–Trinajstić information content (AvgIpc) is 3.94. The van der Waals surface area contributed by atoms with Crippen LogP contribution in [0.5, 0.6) is 11.5 Å². The van der Waals surface area contributed by atoms with E-state index < -0.39 is 0 Å². The number of aromatic nitrogens is 2. The minimum Gasteiger partial charge on any atom is -0.457 e. The highest BCUT2D eigenvalue weighted by molar-refractivity contribution is 6.10. The van der Waals surface area contributed by atoms with Crippen LogP contribution in [0.15, 0.2) is 152 Å². The lowest BCUT2D eigenvalue weighted by molar-refractivity contribution is 0.481. The summed E-state index contributed by atoms with van der Waals surface area (Å²) in [5, 5.41) is 2.35. The summed E-state index contributed by atoms with van der Waals surface area (Å²) in [7, 11) is 0. The first-order chi connectivity index (χ1) is 34.6. The Kier molecular flexibility index (Phi) is 13.4. The molecule has 0 amide bonds. The summed E-state index contributed by atoms with van der Waals surface area (Å²) in [6, 6.07) is 49.9. The number of hydrogen-bond donors (Lipinski definition) is 0. The molecule has 6 aromatic carbocycles. The van der Waals surface area contributed by atoms with E-state index in [2.05, 4.69) is 279 Å². The fraction of sp³-hybridized carbons (Fsp3) is 0.377. The van der Waals surface area contributed by atoms with Gasteiger partial charge in [-0.3, -0.25) is 4.57 Å². The Morgan fingerprint density at radius 3 is 1.70 bits per heavy atom. The second-order valence-corrected chi connectivity index (χ2v) is 26.4. The van der Waals surface area contributed by atoms with Gasteiger partial charge in [0.25, 0.3) is 0 Å². The Morgan fingerprint density at radius 2 is 1.11 bits per heavy atom. The van der Waals surface area contributed by atoms with Crippen molar-refractivity contribution in [2.75, 3.05) is 16.5 Å². The number of ether oxygens (including phenoxy) is 1. The molecule has 0 spiro atoms. The van der Waals surface area contributed by atoms with E-state index in [4.69, 9.17) is 9.72 Å². The van der Waals surface area contributed by atoms with Crippen molar-refractivity contribution in [1.82, 2.24) is 9.55 Å². The fourth-order valence-corrected chi connectivity index (χ4v) is 10.8. The minimum absolute atomic E-state index is 0.00291. The highest BCUT2D eigenvalue weighted by Crippen LogP contribution is 2.46. The smallest absolute Gasteiger partial charge is 0.137 e. The van der Waals surface area contributed by atoms with Crippen LogP contribution in [-0.4, -0.2) is 16.2 Å². The van der Waals surface area contributed by atoms with Crippen molar-refractivity contribution in [1.29, 1.82) is 0 Å². The molecule has 0 aliphatic carbocycles. The molecule has 0 saturated heterocycles. The molecule has 5 heteroatoms. The van der Waals surface area contributed by atoms with Gasteiger partial charge in [-0.05, 0) is 139 Å². The van der Waals surface area contributed by atoms with E-state index in [1.807, 2.05) is 6.20 Å². The molecule has 0 fully saturated rings. The molecule has 0 radical (unpaired) electrons. The van der Waals surface area contributed by atoms with Gasteiger partial charge in [-0.1, -0.05) is 185 Å². The molecular weight excluding hydrogens is 901 g/mol. The number of hydrogen-bond acceptors (Lipinski definition) is 4. The van der Waals surface area contributed by atoms with E-state index in [0.29, 0.717) is 18.5 Å². The zero-order valence-corrected chi connectivity index (χ0v) is 47.9. The first-order valence-electron chi connectivity index (χ1n) is 27.1. The van der Waals surface area contributed by atoms with E-state index in [0.717, 1.165) is 45.0 Å². The summed E-state index contributed by atoms with van der Waals surface area (Å²) >= 11 is 0. The van der Waals surface area contributed by atoms with Gasteiger partial charge in [-0.15, -0.1) is 0 Å². The van der Waals surface area contributed by atoms with Crippen LogP contribution in [0.1, 0.15) is 175 Å². The van der Waals surface area contributed by atoms with Crippen molar-refractivity contribution in [2.24, 2.45) is 5.41 Å². The number of anilines is 2. The van der Waals surface area contributed by atoms with Gasteiger partial charge in [0.05, 0.1) is 17.7 Å². The van der Waals surface area contributed by atoms with Crippen LogP contribution < -0.4 is 14.5 Å². The Bertz CT molecular complexity index is 3350. The van der Waals surface area contributed by atoms with Gasteiger partial charge in [0.1, 0.15) is 17.3 Å². The van der Waals surface area contributed by atoms with Crippen LogP contribution in [0, 0.1) is 5.41 Å². The normalized spacial score (nSPS) is 14.0. The van der Waals surface area contributed by atoms with Crippen molar-refractivity contribution < 1.29 is 4.74 Å². The van der Waals surface area contributed by atoms with E-state index >= 15 is 0 Å². The summed E-state index contributed by atoms with van der Waals surface area (Å²) < 4.78 is 9.63. The Hall–Kier alpha value is -6.59. The predicted octanol–water partition coefficient (Wildman–Crippen LogP) is 19.3. The Morgan fingerprint density at radius 1 is 0.473 bits per heavy atom. The molecule has 0 N–H and O–H groups in total. The lowest BCUT2D eigenvalue weighted by Crippen LogP contribution is -2.31. The van der Waals surface area contributed by atoms with E-state index in [9.17, 15) is 0 Å². The van der Waals surface area contributed by atoms with Crippen LogP contribution in [0.2, 0.25) is 0 Å². The molecule has 5 nitrogen and oxygen atoms in total. The second kappa shape index (κ2) is 19.0. The lowest BCUT2D eigenvalue weighted by Gasteiger charge is -2.32. The number of rotatable bonds is 10. The Balaban J connectivity index is 1.23. The monoisotopic (exact) mass is 983 g/mol. The third-order valence-electron chi connectivity index (χ3n) is 15.5. The van der Waals surface area contributed by atoms with Gasteiger partial charge in [-0.25, -0.2) is 4.98 Å². The van der Waals surface area contributed by atoms with Gasteiger partial charge in [0, 0.05) is 63.2 Å². The summed E-state index contributed by atoms with van der Waals surface area (Å²) in [4.78, 5) is 10.1. The van der Waals surface area contributed by atoms with Crippen molar-refractivity contribution in [3.05, 3.63) is 190 Å². The van der Waals surface area contributed by atoms with Crippen molar-refractivity contribution in [3.63, 3.8) is 0 Å². The molecule has 384 valence electrons. The van der Waals surface area contributed by atoms with E-state index in [-0.39, 0.29) is 27.1 Å². The molecule has 74 heavy (non-hydrogen) atoms. The first-order valence-corrected chi connectivity index (χ1v) is 27.1. The van der Waals surface area contributed by atoms with Crippen molar-refractivity contribution in [2.45, 2.75) is 158 Å². The lowest BCUT2D eigenvalue weighted by atomic mass is 9.78. The summed E-state index contributed by atoms with van der Waals surface area (Å²) in [6.45, 7) is 42.3. The van der Waals surface area contributed by atoms with Crippen LogP contribution in [0.3, 0.4) is 0 Å². The van der Waals surface area contributed by atoms with Crippen LogP contribution in [0.25, 0.3) is 38.8 Å². The number of benzene rings is 6. The highest BCUT2D eigenvalue weighted by Gasteiger charge is 2.34. The second-order valence-electron chi connectivity index (χ2n) is 26.4.